The van der Waals surface area contributed by atoms with Crippen LogP contribution in [-0.2, 0) is 14.3 Å². The van der Waals surface area contributed by atoms with E-state index < -0.39 is 17.6 Å². The summed E-state index contributed by atoms with van der Waals surface area (Å²) in [6.45, 7) is 5.31. The Hall–Kier alpha value is -2.01. The fraction of sp³-hybridized carbons (Fsp3) is 0.667. The van der Waals surface area contributed by atoms with Crippen LogP contribution in [0.5, 0.6) is 0 Å². The van der Waals surface area contributed by atoms with E-state index in [0.29, 0.717) is 12.8 Å². The number of nitrogens with zero attached hydrogens (tertiary/aromatic N) is 4. The number of rotatable bonds is 2. The highest BCUT2D eigenvalue weighted by molar-refractivity contribution is 6.00. The molecule has 0 spiro atoms. The molecule has 2 atom stereocenters. The monoisotopic (exact) mass is 264 g/mol. The minimum Gasteiger partial charge on any atom is -0.455 e. The van der Waals surface area contributed by atoms with Crippen molar-refractivity contribution in [3.8, 4) is 0 Å². The molecule has 7 heteroatoms. The molecule has 1 amide bonds. The van der Waals surface area contributed by atoms with Crippen LogP contribution in [0.15, 0.2) is 16.9 Å². The van der Waals surface area contributed by atoms with E-state index in [9.17, 15) is 9.59 Å². The van der Waals surface area contributed by atoms with Crippen molar-refractivity contribution in [1.29, 1.82) is 0 Å². The van der Waals surface area contributed by atoms with Crippen LogP contribution in [0.3, 0.4) is 0 Å². The van der Waals surface area contributed by atoms with E-state index in [1.807, 2.05) is 0 Å². The van der Waals surface area contributed by atoms with E-state index in [1.165, 1.54) is 4.90 Å². The van der Waals surface area contributed by atoms with Gasteiger partial charge in [-0.05, 0) is 39.1 Å². The summed E-state index contributed by atoms with van der Waals surface area (Å²) in [6.07, 6.45) is 3.07. The van der Waals surface area contributed by atoms with Gasteiger partial charge in [0.25, 0.3) is 0 Å². The number of amides is 1. The van der Waals surface area contributed by atoms with Crippen molar-refractivity contribution < 1.29 is 14.3 Å². The summed E-state index contributed by atoms with van der Waals surface area (Å²) in [5.74, 6) is -0.843. The van der Waals surface area contributed by atoms with Crippen molar-refractivity contribution in [3.63, 3.8) is 0 Å². The van der Waals surface area contributed by atoms with E-state index >= 15 is 0 Å². The summed E-state index contributed by atoms with van der Waals surface area (Å²) < 4.78 is 5.27. The summed E-state index contributed by atoms with van der Waals surface area (Å²) >= 11 is 0. The third-order valence-corrected chi connectivity index (χ3v) is 3.03. The van der Waals surface area contributed by atoms with Crippen LogP contribution in [-0.4, -0.2) is 34.5 Å². The van der Waals surface area contributed by atoms with Crippen LogP contribution in [0.25, 0.3) is 10.4 Å². The van der Waals surface area contributed by atoms with Gasteiger partial charge in [0.05, 0.1) is 6.04 Å². The lowest BCUT2D eigenvalue weighted by molar-refractivity contribution is -0.160. The van der Waals surface area contributed by atoms with Crippen molar-refractivity contribution in [3.05, 3.63) is 22.2 Å². The average molecular weight is 264 g/mol. The molecule has 2 unspecified atom stereocenters. The molecule has 7 nitrogen and oxygen atoms in total. The van der Waals surface area contributed by atoms with Gasteiger partial charge in [-0.25, -0.2) is 4.79 Å². The van der Waals surface area contributed by atoms with Gasteiger partial charge in [-0.2, -0.15) is 0 Å². The Kier molecular flexibility index (Phi) is 3.24. The Morgan fingerprint density at radius 3 is 2.84 bits per heavy atom. The lowest BCUT2D eigenvalue weighted by atomic mass is 9.87. The van der Waals surface area contributed by atoms with Gasteiger partial charge in [-0.15, -0.1) is 0 Å². The molecule has 1 fully saturated rings. The number of hydrogen-bond donors (Lipinski definition) is 0. The van der Waals surface area contributed by atoms with Crippen molar-refractivity contribution in [2.45, 2.75) is 51.3 Å². The smallest absolute Gasteiger partial charge is 0.355 e. The predicted molar refractivity (Wildman–Crippen MR) is 66.7 cm³/mol. The molecule has 0 saturated carbocycles. The second-order valence-electron chi connectivity index (χ2n) is 5.59. The number of fused-ring (bicyclic) bond motifs is 1. The molecule has 2 rings (SSSR count). The zero-order valence-electron chi connectivity index (χ0n) is 11.2. The standard InChI is InChI=1S/C12H16N4O3/c1-12(2,3)19-11(18)8-6-4-5-7-9(14-15-13)10(17)16(7)8/h6-7,9H,4-5H2,1-3H3. The number of allylic oxidation sites excluding steroid dienone is 1. The first-order valence-corrected chi connectivity index (χ1v) is 6.16. The lowest BCUT2D eigenvalue weighted by Gasteiger charge is -2.47. The van der Waals surface area contributed by atoms with E-state index in [1.54, 1.807) is 26.8 Å². The van der Waals surface area contributed by atoms with Crippen LogP contribution < -0.4 is 0 Å². The minimum atomic E-state index is -0.684. The number of carbonyl (C=O) groups is 2. The van der Waals surface area contributed by atoms with Crippen molar-refractivity contribution >= 4 is 11.9 Å². The summed E-state index contributed by atoms with van der Waals surface area (Å²) in [4.78, 5) is 28.0. The van der Waals surface area contributed by atoms with Gasteiger partial charge < -0.3 is 9.64 Å². The molecule has 0 N–H and O–H groups in total. The molecule has 102 valence electrons. The number of esters is 1. The van der Waals surface area contributed by atoms with E-state index in [-0.39, 0.29) is 17.6 Å². The molecule has 2 heterocycles. The first kappa shape index (κ1) is 13.4. The van der Waals surface area contributed by atoms with Gasteiger partial charge in [0.1, 0.15) is 17.3 Å². The molecule has 2 aliphatic heterocycles. The molecule has 0 bridgehead atoms. The first-order valence-electron chi connectivity index (χ1n) is 6.16. The first-order chi connectivity index (χ1) is 8.85. The number of β-lactam (4-membered cyclic amide) rings is 1. The second kappa shape index (κ2) is 4.59. The van der Waals surface area contributed by atoms with Gasteiger partial charge >= 0.3 is 5.97 Å². The number of azide groups is 1. The average Bonchev–Trinajstić information content (AvgIpc) is 2.32. The molecule has 19 heavy (non-hydrogen) atoms. The summed E-state index contributed by atoms with van der Waals surface area (Å²) in [5, 5.41) is 3.47. The number of carbonyl (C=O) groups excluding carboxylic acids is 2. The Balaban J connectivity index is 2.16. The second-order valence-corrected chi connectivity index (χ2v) is 5.59. The Morgan fingerprint density at radius 2 is 2.26 bits per heavy atom. The quantitative estimate of drug-likeness (QED) is 0.250. The molecule has 2 aliphatic rings. The Labute approximate surface area is 110 Å². The Bertz CT molecular complexity index is 500. The van der Waals surface area contributed by atoms with Gasteiger partial charge in [-0.3, -0.25) is 4.79 Å². The maximum absolute atomic E-state index is 12.0. The highest BCUT2D eigenvalue weighted by Crippen LogP contribution is 2.35. The molecule has 0 aliphatic carbocycles. The fourth-order valence-corrected chi connectivity index (χ4v) is 2.30. The largest absolute Gasteiger partial charge is 0.455 e. The highest BCUT2D eigenvalue weighted by Gasteiger charge is 2.51. The fourth-order valence-electron chi connectivity index (χ4n) is 2.30. The topological polar surface area (TPSA) is 95.4 Å². The lowest BCUT2D eigenvalue weighted by Crippen LogP contribution is -2.65. The summed E-state index contributed by atoms with van der Waals surface area (Å²) in [7, 11) is 0. The molecular formula is C12H16N4O3. The number of ether oxygens (including phenoxy) is 1. The summed E-state index contributed by atoms with van der Waals surface area (Å²) in [6, 6.07) is -0.896. The number of hydrogen-bond acceptors (Lipinski definition) is 4. The summed E-state index contributed by atoms with van der Waals surface area (Å²) in [5.41, 5.74) is 8.08. The van der Waals surface area contributed by atoms with Gasteiger partial charge in [0.2, 0.25) is 5.91 Å². The van der Waals surface area contributed by atoms with Gasteiger partial charge in [0.15, 0.2) is 0 Å². The third kappa shape index (κ3) is 2.42. The van der Waals surface area contributed by atoms with Crippen molar-refractivity contribution in [2.24, 2.45) is 5.11 Å². The van der Waals surface area contributed by atoms with E-state index in [0.717, 1.165) is 0 Å². The van der Waals surface area contributed by atoms with Crippen LogP contribution in [0, 0.1) is 0 Å². The van der Waals surface area contributed by atoms with Crippen LogP contribution in [0.1, 0.15) is 33.6 Å². The van der Waals surface area contributed by atoms with Gasteiger partial charge in [-0.1, -0.05) is 11.2 Å². The molecule has 0 aromatic carbocycles. The maximum Gasteiger partial charge on any atom is 0.355 e. The maximum atomic E-state index is 12.0. The van der Waals surface area contributed by atoms with Crippen LogP contribution in [0.2, 0.25) is 0 Å². The predicted octanol–water partition coefficient (Wildman–Crippen LogP) is 1.90. The third-order valence-electron chi connectivity index (χ3n) is 3.03. The molecule has 0 aromatic heterocycles. The molecule has 0 aromatic rings. The highest BCUT2D eigenvalue weighted by atomic mass is 16.6. The Morgan fingerprint density at radius 1 is 1.58 bits per heavy atom. The normalized spacial score (nSPS) is 25.7. The molecular weight excluding hydrogens is 248 g/mol. The zero-order chi connectivity index (χ0) is 14.2. The van der Waals surface area contributed by atoms with Gasteiger partial charge in [0, 0.05) is 4.91 Å². The van der Waals surface area contributed by atoms with Crippen LogP contribution in [0.4, 0.5) is 0 Å². The van der Waals surface area contributed by atoms with E-state index in [2.05, 4.69) is 10.0 Å². The van der Waals surface area contributed by atoms with Crippen molar-refractivity contribution in [2.75, 3.05) is 0 Å². The minimum absolute atomic E-state index is 0.212. The zero-order valence-corrected chi connectivity index (χ0v) is 11.2. The van der Waals surface area contributed by atoms with Crippen molar-refractivity contribution in [1.82, 2.24) is 4.90 Å². The SMILES string of the molecule is CC(C)(C)OC(=O)C1=CCCC2C(N=[N+]=[N-])C(=O)N12. The molecule has 1 saturated heterocycles. The van der Waals surface area contributed by atoms with E-state index in [4.69, 9.17) is 10.3 Å². The van der Waals surface area contributed by atoms with Crippen LogP contribution >= 0.6 is 0 Å². The molecule has 0 radical (unpaired) electrons.